The Bertz CT molecular complexity index is 1930. The van der Waals surface area contributed by atoms with Crippen molar-refractivity contribution >= 4 is 78.4 Å². The predicted octanol–water partition coefficient (Wildman–Crippen LogP) is 7.61. The molecule has 3 aromatic carbocycles. The number of aromatic nitrogens is 1. The summed E-state index contributed by atoms with van der Waals surface area (Å²) in [6, 6.07) is 15.6. The fourth-order valence-electron chi connectivity index (χ4n) is 4.76. The molecule has 12 heteroatoms. The number of allylic oxidation sites excluding steroid dienone is 1. The van der Waals surface area contributed by atoms with E-state index in [-0.39, 0.29) is 18.8 Å². The van der Waals surface area contributed by atoms with Gasteiger partial charge in [0.25, 0.3) is 5.56 Å². The third-order valence-electron chi connectivity index (χ3n) is 6.73. The van der Waals surface area contributed by atoms with Crippen molar-refractivity contribution in [2.24, 2.45) is 4.99 Å². The Balaban J connectivity index is 1.54. The highest BCUT2D eigenvalue weighted by molar-refractivity contribution is 9.11. The van der Waals surface area contributed by atoms with Crippen molar-refractivity contribution in [3.8, 4) is 11.5 Å². The number of hydrogen-bond acceptors (Lipinski definition) is 7. The average Bonchev–Trinajstić information content (AvgIpc) is 3.27. The molecule has 1 unspecified atom stereocenters. The number of esters is 1. The van der Waals surface area contributed by atoms with Gasteiger partial charge in [0.05, 0.1) is 44.0 Å². The Kier molecular flexibility index (Phi) is 10.4. The van der Waals surface area contributed by atoms with Gasteiger partial charge < -0.3 is 14.2 Å². The molecule has 228 valence electrons. The van der Waals surface area contributed by atoms with E-state index in [0.717, 1.165) is 16.7 Å². The summed E-state index contributed by atoms with van der Waals surface area (Å²) in [6.45, 7) is 6.37. The molecule has 0 spiro atoms. The maximum absolute atomic E-state index is 14.0. The van der Waals surface area contributed by atoms with Crippen LogP contribution in [0.1, 0.15) is 43.5 Å². The Hall–Kier alpha value is -2.89. The molecule has 1 atom stereocenters. The van der Waals surface area contributed by atoms with Crippen LogP contribution in [-0.2, 0) is 16.1 Å². The van der Waals surface area contributed by atoms with Crippen LogP contribution in [0.15, 0.2) is 84.6 Å². The van der Waals surface area contributed by atoms with Crippen LogP contribution < -0.4 is 24.4 Å². The third kappa shape index (κ3) is 6.84. The SMILES string of the molecule is CCOC(=O)C1=C(C)N=c2sc(=Cc3cc(Br)c(OCc4ccc(Cl)cc4Cl)c(Br)c3)c(=O)n2C1c1ccc(OCC)cc1. The minimum atomic E-state index is -0.711. The van der Waals surface area contributed by atoms with E-state index in [1.165, 1.54) is 11.3 Å². The van der Waals surface area contributed by atoms with Crippen LogP contribution in [0.2, 0.25) is 10.0 Å². The van der Waals surface area contributed by atoms with E-state index in [9.17, 15) is 9.59 Å². The summed E-state index contributed by atoms with van der Waals surface area (Å²) in [5.74, 6) is 0.770. The molecule has 1 aliphatic rings. The molecule has 1 aliphatic heterocycles. The Labute approximate surface area is 284 Å². The zero-order valence-electron chi connectivity index (χ0n) is 23.8. The fraction of sp³-hybridized carbons (Fsp3) is 0.219. The van der Waals surface area contributed by atoms with Crippen molar-refractivity contribution < 1.29 is 19.0 Å². The Morgan fingerprint density at radius 1 is 1.02 bits per heavy atom. The quantitative estimate of drug-likeness (QED) is 0.164. The van der Waals surface area contributed by atoms with Gasteiger partial charge in [0.1, 0.15) is 18.1 Å². The fourth-order valence-corrected chi connectivity index (χ4v) is 7.72. The summed E-state index contributed by atoms with van der Waals surface area (Å²) in [5, 5.41) is 1.07. The van der Waals surface area contributed by atoms with E-state index in [2.05, 4.69) is 36.9 Å². The summed E-state index contributed by atoms with van der Waals surface area (Å²) >= 11 is 20.8. The monoisotopic (exact) mass is 778 g/mol. The summed E-state index contributed by atoms with van der Waals surface area (Å²) in [5.41, 5.74) is 2.84. The highest BCUT2D eigenvalue weighted by Crippen LogP contribution is 2.36. The molecule has 44 heavy (non-hydrogen) atoms. The van der Waals surface area contributed by atoms with Crippen LogP contribution in [0.3, 0.4) is 0 Å². The number of hydrogen-bond donors (Lipinski definition) is 0. The molecule has 0 saturated heterocycles. The summed E-state index contributed by atoms with van der Waals surface area (Å²) in [4.78, 5) is 32.3. The molecule has 0 fully saturated rings. The van der Waals surface area contributed by atoms with Crippen LogP contribution in [0.5, 0.6) is 11.5 Å². The van der Waals surface area contributed by atoms with E-state index in [4.69, 9.17) is 37.4 Å². The second kappa shape index (κ2) is 14.0. The molecule has 4 aromatic rings. The molecule has 0 radical (unpaired) electrons. The van der Waals surface area contributed by atoms with Crippen molar-refractivity contribution in [1.82, 2.24) is 4.57 Å². The van der Waals surface area contributed by atoms with Gasteiger partial charge in [-0.05, 0) is 106 Å². The van der Waals surface area contributed by atoms with Gasteiger partial charge in [-0.3, -0.25) is 9.36 Å². The van der Waals surface area contributed by atoms with Gasteiger partial charge in [-0.2, -0.15) is 0 Å². The number of rotatable bonds is 9. The Morgan fingerprint density at radius 3 is 2.36 bits per heavy atom. The number of carbonyl (C=O) groups is 1. The van der Waals surface area contributed by atoms with Crippen LogP contribution in [0, 0.1) is 0 Å². The second-order valence-corrected chi connectivity index (χ2v) is 13.2. The van der Waals surface area contributed by atoms with Crippen molar-refractivity contribution in [3.05, 3.63) is 121 Å². The highest BCUT2D eigenvalue weighted by atomic mass is 79.9. The number of halogens is 4. The smallest absolute Gasteiger partial charge is 0.338 e. The zero-order chi connectivity index (χ0) is 31.5. The van der Waals surface area contributed by atoms with Gasteiger partial charge in [0, 0.05) is 15.6 Å². The lowest BCUT2D eigenvalue weighted by Gasteiger charge is -2.24. The summed E-state index contributed by atoms with van der Waals surface area (Å²) in [7, 11) is 0. The number of carbonyl (C=O) groups excluding carboxylic acids is 1. The molecule has 0 N–H and O–H groups in total. The number of nitrogens with zero attached hydrogens (tertiary/aromatic N) is 2. The molecular formula is C32H26Br2Cl2N2O5S. The summed E-state index contributed by atoms with van der Waals surface area (Å²) < 4.78 is 20.4. The molecule has 1 aromatic heterocycles. The zero-order valence-corrected chi connectivity index (χ0v) is 29.3. The first-order valence-electron chi connectivity index (χ1n) is 13.6. The third-order valence-corrected chi connectivity index (χ3v) is 9.48. The maximum atomic E-state index is 14.0. The van der Waals surface area contributed by atoms with Gasteiger partial charge in [-0.1, -0.05) is 52.7 Å². The first-order chi connectivity index (χ1) is 21.1. The van der Waals surface area contributed by atoms with Gasteiger partial charge in [0.2, 0.25) is 0 Å². The van der Waals surface area contributed by atoms with E-state index in [1.54, 1.807) is 36.6 Å². The largest absolute Gasteiger partial charge is 0.494 e. The van der Waals surface area contributed by atoms with Crippen LogP contribution in [0.4, 0.5) is 0 Å². The lowest BCUT2D eigenvalue weighted by Crippen LogP contribution is -2.39. The van der Waals surface area contributed by atoms with Gasteiger partial charge in [0.15, 0.2) is 4.80 Å². The topological polar surface area (TPSA) is 79.1 Å². The normalized spacial score (nSPS) is 14.7. The van der Waals surface area contributed by atoms with Gasteiger partial charge in [-0.15, -0.1) is 0 Å². The van der Waals surface area contributed by atoms with Gasteiger partial charge in [-0.25, -0.2) is 9.79 Å². The molecule has 0 bridgehead atoms. The highest BCUT2D eigenvalue weighted by Gasteiger charge is 2.33. The van der Waals surface area contributed by atoms with E-state index < -0.39 is 12.0 Å². The van der Waals surface area contributed by atoms with Crippen LogP contribution in [0.25, 0.3) is 6.08 Å². The van der Waals surface area contributed by atoms with Crippen LogP contribution >= 0.6 is 66.4 Å². The molecule has 5 rings (SSSR count). The summed E-state index contributed by atoms with van der Waals surface area (Å²) in [6.07, 6.45) is 1.79. The minimum Gasteiger partial charge on any atom is -0.494 e. The van der Waals surface area contributed by atoms with Crippen molar-refractivity contribution in [2.45, 2.75) is 33.4 Å². The van der Waals surface area contributed by atoms with Crippen LogP contribution in [-0.4, -0.2) is 23.8 Å². The van der Waals surface area contributed by atoms with E-state index in [0.29, 0.717) is 57.7 Å². The van der Waals surface area contributed by atoms with Crippen molar-refractivity contribution in [1.29, 1.82) is 0 Å². The van der Waals surface area contributed by atoms with Gasteiger partial charge >= 0.3 is 5.97 Å². The number of ether oxygens (including phenoxy) is 3. The maximum Gasteiger partial charge on any atom is 0.338 e. The molecule has 7 nitrogen and oxygen atoms in total. The lowest BCUT2D eigenvalue weighted by molar-refractivity contribution is -0.139. The Morgan fingerprint density at radius 2 is 1.73 bits per heavy atom. The number of thiazole rings is 1. The second-order valence-electron chi connectivity index (χ2n) is 9.64. The first-order valence-corrected chi connectivity index (χ1v) is 16.7. The first kappa shape index (κ1) is 32.5. The minimum absolute atomic E-state index is 0.201. The standard InChI is InChI=1S/C32H26Br2Cl2N2O5S/c1-4-41-22-10-7-19(8-11-22)28-27(31(40)42-5-2)17(3)37-32-38(28)30(39)26(44-32)14-18-12-23(33)29(24(34)13-18)43-16-20-6-9-21(35)15-25(20)36/h6-15,28H,4-5,16H2,1-3H3. The van der Waals surface area contributed by atoms with Crippen molar-refractivity contribution in [3.63, 3.8) is 0 Å². The molecule has 0 aliphatic carbocycles. The van der Waals surface area contributed by atoms with E-state index in [1.807, 2.05) is 49.4 Å². The molecule has 0 amide bonds. The average molecular weight is 781 g/mol. The molecule has 2 heterocycles. The lowest BCUT2D eigenvalue weighted by atomic mass is 9.96. The number of benzene rings is 3. The number of fused-ring (bicyclic) bond motifs is 1. The van der Waals surface area contributed by atoms with E-state index >= 15 is 0 Å². The molecule has 0 saturated carbocycles. The predicted molar refractivity (Wildman–Crippen MR) is 181 cm³/mol. The van der Waals surface area contributed by atoms with Crippen molar-refractivity contribution in [2.75, 3.05) is 13.2 Å². The molecular weight excluding hydrogens is 755 g/mol.